The van der Waals surface area contributed by atoms with Crippen molar-refractivity contribution < 1.29 is 18.0 Å². The fourth-order valence-corrected chi connectivity index (χ4v) is 4.27. The zero-order valence-electron chi connectivity index (χ0n) is 17.8. The standard InChI is InChI=1S/C26H20FNO4S/c1-16-7-12-22-20(15-16)28-26(32-22)33-14-4-13-30-25-23(29)19-5-2-3-6-21(19)31-24(25)17-8-10-18(27)11-9-17/h2-3,5-12,15H,4,13-14H2,1H3. The summed E-state index contributed by atoms with van der Waals surface area (Å²) >= 11 is 1.50. The zero-order chi connectivity index (χ0) is 22.8. The maximum Gasteiger partial charge on any atom is 0.256 e. The Hall–Kier alpha value is -3.58. The van der Waals surface area contributed by atoms with E-state index in [1.807, 2.05) is 25.1 Å². The highest BCUT2D eigenvalue weighted by Gasteiger charge is 2.18. The number of para-hydroxylation sites is 1. The average molecular weight is 462 g/mol. The van der Waals surface area contributed by atoms with Crippen LogP contribution in [0.2, 0.25) is 0 Å². The molecule has 0 saturated carbocycles. The van der Waals surface area contributed by atoms with Gasteiger partial charge in [0.25, 0.3) is 5.22 Å². The smallest absolute Gasteiger partial charge is 0.256 e. The number of nitrogens with zero attached hydrogens (tertiary/aromatic N) is 1. The van der Waals surface area contributed by atoms with Gasteiger partial charge in [-0.25, -0.2) is 9.37 Å². The van der Waals surface area contributed by atoms with Gasteiger partial charge in [-0.15, -0.1) is 0 Å². The van der Waals surface area contributed by atoms with Crippen LogP contribution in [0.1, 0.15) is 12.0 Å². The number of aromatic nitrogens is 1. The number of oxazole rings is 1. The van der Waals surface area contributed by atoms with Crippen LogP contribution in [0.15, 0.2) is 85.6 Å². The predicted molar refractivity (Wildman–Crippen MR) is 127 cm³/mol. The summed E-state index contributed by atoms with van der Waals surface area (Å²) in [6.45, 7) is 2.32. The lowest BCUT2D eigenvalue weighted by Gasteiger charge is -2.11. The highest BCUT2D eigenvalue weighted by Crippen LogP contribution is 2.31. The number of halogens is 1. The topological polar surface area (TPSA) is 65.5 Å². The van der Waals surface area contributed by atoms with Crippen LogP contribution in [0.5, 0.6) is 5.75 Å². The molecule has 0 aliphatic heterocycles. The van der Waals surface area contributed by atoms with Crippen molar-refractivity contribution >= 4 is 33.8 Å². The molecule has 0 N–H and O–H groups in total. The van der Waals surface area contributed by atoms with Gasteiger partial charge in [0, 0.05) is 11.3 Å². The van der Waals surface area contributed by atoms with Gasteiger partial charge in [-0.2, -0.15) is 0 Å². The lowest BCUT2D eigenvalue weighted by molar-refractivity contribution is 0.310. The maximum atomic E-state index is 13.4. The average Bonchev–Trinajstić information content (AvgIpc) is 3.22. The Labute approximate surface area is 193 Å². The van der Waals surface area contributed by atoms with Gasteiger partial charge in [-0.3, -0.25) is 4.79 Å². The molecule has 0 amide bonds. The molecule has 166 valence electrons. The Kier molecular flexibility index (Phi) is 5.88. The maximum absolute atomic E-state index is 13.4. The van der Waals surface area contributed by atoms with Gasteiger partial charge in [0.1, 0.15) is 16.9 Å². The Bertz CT molecular complexity index is 1490. The molecule has 5 rings (SSSR count). The molecule has 3 aromatic carbocycles. The largest absolute Gasteiger partial charge is 0.486 e. The number of aryl methyl sites for hydroxylation is 1. The summed E-state index contributed by atoms with van der Waals surface area (Å²) in [4.78, 5) is 17.6. The number of thioether (sulfide) groups is 1. The molecule has 7 heteroatoms. The summed E-state index contributed by atoms with van der Waals surface area (Å²) < 4.78 is 31.1. The van der Waals surface area contributed by atoms with E-state index in [9.17, 15) is 9.18 Å². The van der Waals surface area contributed by atoms with Crippen LogP contribution in [-0.2, 0) is 0 Å². The minimum atomic E-state index is -0.365. The fourth-order valence-electron chi connectivity index (χ4n) is 3.52. The Balaban J connectivity index is 1.32. The Morgan fingerprint density at radius 3 is 2.67 bits per heavy atom. The summed E-state index contributed by atoms with van der Waals surface area (Å²) in [5, 5.41) is 1.04. The van der Waals surface area contributed by atoms with Crippen molar-refractivity contribution in [2.75, 3.05) is 12.4 Å². The fraction of sp³-hybridized carbons (Fsp3) is 0.154. The second-order valence-corrected chi connectivity index (χ2v) is 8.64. The molecular formula is C26H20FNO4S. The molecule has 33 heavy (non-hydrogen) atoms. The molecule has 0 aliphatic rings. The van der Waals surface area contributed by atoms with E-state index < -0.39 is 0 Å². The molecule has 0 saturated heterocycles. The lowest BCUT2D eigenvalue weighted by Crippen LogP contribution is -2.11. The van der Waals surface area contributed by atoms with Gasteiger partial charge in [-0.05, 0) is 67.4 Å². The summed E-state index contributed by atoms with van der Waals surface area (Å²) in [6, 6.07) is 18.7. The van der Waals surface area contributed by atoms with Crippen LogP contribution >= 0.6 is 11.8 Å². The lowest BCUT2D eigenvalue weighted by atomic mass is 10.1. The Morgan fingerprint density at radius 1 is 1.00 bits per heavy atom. The van der Waals surface area contributed by atoms with E-state index in [2.05, 4.69) is 4.98 Å². The van der Waals surface area contributed by atoms with E-state index in [0.717, 1.165) is 16.7 Å². The van der Waals surface area contributed by atoms with Gasteiger partial charge in [0.15, 0.2) is 11.3 Å². The molecular weight excluding hydrogens is 441 g/mol. The van der Waals surface area contributed by atoms with Crippen LogP contribution in [-0.4, -0.2) is 17.3 Å². The SMILES string of the molecule is Cc1ccc2oc(SCCCOc3c(-c4ccc(F)cc4)oc4ccccc4c3=O)nc2c1. The molecule has 2 heterocycles. The number of rotatable bonds is 7. The molecule has 2 aromatic heterocycles. The quantitative estimate of drug-likeness (QED) is 0.201. The van der Waals surface area contributed by atoms with Crippen LogP contribution in [0, 0.1) is 12.7 Å². The highest BCUT2D eigenvalue weighted by atomic mass is 32.2. The van der Waals surface area contributed by atoms with E-state index in [4.69, 9.17) is 13.6 Å². The zero-order valence-corrected chi connectivity index (χ0v) is 18.7. The summed E-state index contributed by atoms with van der Waals surface area (Å²) in [5.41, 5.74) is 3.51. The van der Waals surface area contributed by atoms with E-state index >= 15 is 0 Å². The van der Waals surface area contributed by atoms with Gasteiger partial charge in [-0.1, -0.05) is 30.0 Å². The molecule has 0 aliphatic carbocycles. The van der Waals surface area contributed by atoms with E-state index in [0.29, 0.717) is 46.3 Å². The van der Waals surface area contributed by atoms with E-state index in [1.165, 1.54) is 23.9 Å². The molecule has 0 atom stereocenters. The Morgan fingerprint density at radius 2 is 1.82 bits per heavy atom. The van der Waals surface area contributed by atoms with Crippen molar-refractivity contribution in [2.24, 2.45) is 0 Å². The van der Waals surface area contributed by atoms with Gasteiger partial charge < -0.3 is 13.6 Å². The van der Waals surface area contributed by atoms with Crippen molar-refractivity contribution in [3.63, 3.8) is 0 Å². The number of hydrogen-bond acceptors (Lipinski definition) is 6. The van der Waals surface area contributed by atoms with Gasteiger partial charge >= 0.3 is 0 Å². The third-order valence-electron chi connectivity index (χ3n) is 5.15. The minimum absolute atomic E-state index is 0.127. The van der Waals surface area contributed by atoms with Crippen molar-refractivity contribution in [1.29, 1.82) is 0 Å². The molecule has 0 unspecified atom stereocenters. The number of hydrogen-bond donors (Lipinski definition) is 0. The molecule has 0 bridgehead atoms. The van der Waals surface area contributed by atoms with E-state index in [1.54, 1.807) is 36.4 Å². The summed E-state index contributed by atoms with van der Waals surface area (Å²) in [6.07, 6.45) is 0.664. The summed E-state index contributed by atoms with van der Waals surface area (Å²) in [7, 11) is 0. The summed E-state index contributed by atoms with van der Waals surface area (Å²) in [5.74, 6) is 0.760. The molecule has 0 radical (unpaired) electrons. The normalized spacial score (nSPS) is 11.3. The number of benzene rings is 3. The second-order valence-electron chi connectivity index (χ2n) is 7.59. The number of ether oxygens (including phenoxy) is 1. The minimum Gasteiger partial charge on any atom is -0.486 e. The number of fused-ring (bicyclic) bond motifs is 2. The van der Waals surface area contributed by atoms with Crippen LogP contribution in [0.3, 0.4) is 0 Å². The molecule has 5 nitrogen and oxygen atoms in total. The second kappa shape index (κ2) is 9.11. The predicted octanol–water partition coefficient (Wildman–Crippen LogP) is 6.61. The van der Waals surface area contributed by atoms with Crippen molar-refractivity contribution in [3.05, 3.63) is 88.3 Å². The first kappa shape index (κ1) is 21.3. The van der Waals surface area contributed by atoms with Crippen molar-refractivity contribution in [2.45, 2.75) is 18.6 Å². The van der Waals surface area contributed by atoms with Crippen LogP contribution in [0.4, 0.5) is 4.39 Å². The van der Waals surface area contributed by atoms with Crippen LogP contribution in [0.25, 0.3) is 33.4 Å². The molecule has 5 aromatic rings. The third-order valence-corrected chi connectivity index (χ3v) is 6.06. The monoisotopic (exact) mass is 461 g/mol. The van der Waals surface area contributed by atoms with Crippen LogP contribution < -0.4 is 10.2 Å². The third kappa shape index (κ3) is 4.50. The molecule has 0 spiro atoms. The van der Waals surface area contributed by atoms with Gasteiger partial charge in [0.05, 0.1) is 12.0 Å². The van der Waals surface area contributed by atoms with Crippen molar-refractivity contribution in [1.82, 2.24) is 4.98 Å². The highest BCUT2D eigenvalue weighted by molar-refractivity contribution is 7.99. The first-order valence-corrected chi connectivity index (χ1v) is 11.5. The van der Waals surface area contributed by atoms with Crippen molar-refractivity contribution in [3.8, 4) is 17.1 Å². The van der Waals surface area contributed by atoms with Gasteiger partial charge in [0.2, 0.25) is 11.2 Å². The van der Waals surface area contributed by atoms with E-state index in [-0.39, 0.29) is 17.0 Å². The molecule has 0 fully saturated rings. The first-order chi connectivity index (χ1) is 16.1. The first-order valence-electron chi connectivity index (χ1n) is 10.5.